The van der Waals surface area contributed by atoms with Crippen LogP contribution in [0.3, 0.4) is 0 Å². The van der Waals surface area contributed by atoms with Gasteiger partial charge in [-0.3, -0.25) is 0 Å². The summed E-state index contributed by atoms with van der Waals surface area (Å²) >= 11 is 0. The van der Waals surface area contributed by atoms with Gasteiger partial charge in [-0.1, -0.05) is 0 Å². The van der Waals surface area contributed by atoms with Crippen LogP contribution in [-0.2, 0) is 0 Å². The Morgan fingerprint density at radius 3 is 2.43 bits per heavy atom. The molecule has 1 aromatic rings. The number of aromatic nitrogens is 2. The molecule has 78 valence electrons. The summed E-state index contributed by atoms with van der Waals surface area (Å²) < 4.78 is 5.52. The number of nitrogens with zero attached hydrogens (tertiary/aromatic N) is 2. The maximum atomic E-state index is 5.52. The summed E-state index contributed by atoms with van der Waals surface area (Å²) in [6.07, 6.45) is 0.0913. The van der Waals surface area contributed by atoms with Gasteiger partial charge in [-0.25, -0.2) is 10.8 Å². The van der Waals surface area contributed by atoms with E-state index < -0.39 is 0 Å². The molecule has 0 aliphatic carbocycles. The summed E-state index contributed by atoms with van der Waals surface area (Å²) in [5, 5.41) is 0. The Bertz CT molecular complexity index is 325. The maximum Gasteiger partial charge on any atom is 0.222 e. The summed E-state index contributed by atoms with van der Waals surface area (Å²) in [6, 6.07) is 0. The molecule has 0 radical (unpaired) electrons. The van der Waals surface area contributed by atoms with Crippen molar-refractivity contribution in [1.29, 1.82) is 0 Å². The molecular formula is C9H16N4O. The molecule has 0 spiro atoms. The summed E-state index contributed by atoms with van der Waals surface area (Å²) in [5.74, 6) is 7.15. The van der Waals surface area contributed by atoms with Crippen molar-refractivity contribution >= 4 is 5.82 Å². The molecule has 1 aromatic heterocycles. The largest absolute Gasteiger partial charge is 0.475 e. The van der Waals surface area contributed by atoms with Gasteiger partial charge in [0.2, 0.25) is 5.88 Å². The molecule has 0 atom stereocenters. The first-order valence-electron chi connectivity index (χ1n) is 4.53. The van der Waals surface area contributed by atoms with Crippen LogP contribution in [0.5, 0.6) is 5.88 Å². The van der Waals surface area contributed by atoms with E-state index >= 15 is 0 Å². The van der Waals surface area contributed by atoms with E-state index in [2.05, 4.69) is 15.4 Å². The number of rotatable bonds is 3. The van der Waals surface area contributed by atoms with Crippen molar-refractivity contribution in [2.75, 3.05) is 5.43 Å². The molecule has 0 amide bonds. The minimum Gasteiger partial charge on any atom is -0.475 e. The fourth-order valence-corrected chi connectivity index (χ4v) is 1.08. The number of hydrogen-bond donors (Lipinski definition) is 2. The predicted octanol–water partition coefficient (Wildman–Crippen LogP) is 1.17. The van der Waals surface area contributed by atoms with Gasteiger partial charge in [0.15, 0.2) is 0 Å². The normalized spacial score (nSPS) is 10.4. The van der Waals surface area contributed by atoms with Crippen LogP contribution >= 0.6 is 0 Å². The van der Waals surface area contributed by atoms with Crippen LogP contribution in [0.25, 0.3) is 0 Å². The van der Waals surface area contributed by atoms with E-state index in [1.807, 2.05) is 20.8 Å². The van der Waals surface area contributed by atoms with E-state index in [0.717, 1.165) is 5.56 Å². The summed E-state index contributed by atoms with van der Waals surface area (Å²) in [6.45, 7) is 7.57. The van der Waals surface area contributed by atoms with E-state index in [1.54, 1.807) is 6.92 Å². The Labute approximate surface area is 83.7 Å². The molecule has 14 heavy (non-hydrogen) atoms. The van der Waals surface area contributed by atoms with Crippen LogP contribution < -0.4 is 16.0 Å². The average Bonchev–Trinajstić information content (AvgIpc) is 2.09. The first kappa shape index (κ1) is 10.7. The number of hydrogen-bond acceptors (Lipinski definition) is 5. The lowest BCUT2D eigenvalue weighted by atomic mass is 10.3. The molecule has 0 aliphatic heterocycles. The standard InChI is InChI=1S/C9H16N4O/c1-5(2)14-9-6(3)8(13-10)11-7(4)12-9/h5H,10H2,1-4H3,(H,11,12,13). The molecule has 1 rings (SSSR count). The van der Waals surface area contributed by atoms with Gasteiger partial charge < -0.3 is 10.2 Å². The third-order valence-corrected chi connectivity index (χ3v) is 1.70. The van der Waals surface area contributed by atoms with Crippen molar-refractivity contribution < 1.29 is 4.74 Å². The van der Waals surface area contributed by atoms with Crippen molar-refractivity contribution in [3.8, 4) is 5.88 Å². The van der Waals surface area contributed by atoms with Crippen LogP contribution in [-0.4, -0.2) is 16.1 Å². The molecule has 1 heterocycles. The number of nitrogen functional groups attached to an aromatic ring is 1. The predicted molar refractivity (Wildman–Crippen MR) is 55.1 cm³/mol. The lowest BCUT2D eigenvalue weighted by molar-refractivity contribution is 0.230. The Morgan fingerprint density at radius 1 is 1.29 bits per heavy atom. The van der Waals surface area contributed by atoms with E-state index in [1.165, 1.54) is 0 Å². The van der Waals surface area contributed by atoms with Gasteiger partial charge in [-0.2, -0.15) is 4.98 Å². The van der Waals surface area contributed by atoms with Crippen LogP contribution in [0.2, 0.25) is 0 Å². The smallest absolute Gasteiger partial charge is 0.222 e. The molecule has 0 aliphatic rings. The monoisotopic (exact) mass is 196 g/mol. The number of nitrogens with one attached hydrogen (secondary N) is 1. The van der Waals surface area contributed by atoms with E-state index in [9.17, 15) is 0 Å². The number of anilines is 1. The van der Waals surface area contributed by atoms with Crippen LogP contribution in [0.15, 0.2) is 0 Å². The highest BCUT2D eigenvalue weighted by molar-refractivity contribution is 5.47. The molecule has 5 nitrogen and oxygen atoms in total. The number of nitrogens with two attached hydrogens (primary N) is 1. The highest BCUT2D eigenvalue weighted by Crippen LogP contribution is 2.21. The first-order valence-corrected chi connectivity index (χ1v) is 4.53. The van der Waals surface area contributed by atoms with Crippen molar-refractivity contribution in [2.45, 2.75) is 33.8 Å². The summed E-state index contributed by atoms with van der Waals surface area (Å²) in [5.41, 5.74) is 3.34. The lowest BCUT2D eigenvalue weighted by Crippen LogP contribution is -2.15. The van der Waals surface area contributed by atoms with Crippen LogP contribution in [0, 0.1) is 13.8 Å². The summed E-state index contributed by atoms with van der Waals surface area (Å²) in [4.78, 5) is 8.32. The SMILES string of the molecule is Cc1nc(NN)c(C)c(OC(C)C)n1. The van der Waals surface area contributed by atoms with Crippen molar-refractivity contribution in [3.63, 3.8) is 0 Å². The van der Waals surface area contributed by atoms with E-state index in [4.69, 9.17) is 10.6 Å². The zero-order chi connectivity index (χ0) is 10.7. The highest BCUT2D eigenvalue weighted by Gasteiger charge is 2.10. The van der Waals surface area contributed by atoms with Crippen molar-refractivity contribution in [3.05, 3.63) is 11.4 Å². The van der Waals surface area contributed by atoms with Gasteiger partial charge in [0.1, 0.15) is 11.6 Å². The van der Waals surface area contributed by atoms with Gasteiger partial charge in [0, 0.05) is 0 Å². The van der Waals surface area contributed by atoms with Gasteiger partial charge in [0.05, 0.1) is 11.7 Å². The highest BCUT2D eigenvalue weighted by atomic mass is 16.5. The molecule has 3 N–H and O–H groups in total. The molecule has 0 aromatic carbocycles. The maximum absolute atomic E-state index is 5.52. The molecule has 0 fully saturated rings. The lowest BCUT2D eigenvalue weighted by Gasteiger charge is -2.13. The average molecular weight is 196 g/mol. The number of hydrazine groups is 1. The zero-order valence-electron chi connectivity index (χ0n) is 8.96. The number of ether oxygens (including phenoxy) is 1. The molecule has 0 saturated heterocycles. The second-order valence-corrected chi connectivity index (χ2v) is 3.36. The molecule has 5 heteroatoms. The first-order chi connectivity index (χ1) is 6.54. The number of aryl methyl sites for hydroxylation is 1. The molecule has 0 unspecified atom stereocenters. The Balaban J connectivity index is 3.08. The fourth-order valence-electron chi connectivity index (χ4n) is 1.08. The fraction of sp³-hybridized carbons (Fsp3) is 0.556. The third kappa shape index (κ3) is 2.32. The van der Waals surface area contributed by atoms with Crippen molar-refractivity contribution in [2.24, 2.45) is 5.84 Å². The second-order valence-electron chi connectivity index (χ2n) is 3.36. The Hall–Kier alpha value is -1.36. The van der Waals surface area contributed by atoms with E-state index in [-0.39, 0.29) is 6.10 Å². The quantitative estimate of drug-likeness (QED) is 0.560. The summed E-state index contributed by atoms with van der Waals surface area (Å²) in [7, 11) is 0. The van der Waals surface area contributed by atoms with Crippen molar-refractivity contribution in [1.82, 2.24) is 9.97 Å². The second kappa shape index (κ2) is 4.23. The minimum absolute atomic E-state index is 0.0913. The third-order valence-electron chi connectivity index (χ3n) is 1.70. The Kier molecular flexibility index (Phi) is 3.24. The molecule has 0 saturated carbocycles. The molecular weight excluding hydrogens is 180 g/mol. The minimum atomic E-state index is 0.0913. The van der Waals surface area contributed by atoms with E-state index in [0.29, 0.717) is 17.5 Å². The van der Waals surface area contributed by atoms with Crippen LogP contribution in [0.1, 0.15) is 25.2 Å². The zero-order valence-corrected chi connectivity index (χ0v) is 8.96. The van der Waals surface area contributed by atoms with Crippen LogP contribution in [0.4, 0.5) is 5.82 Å². The van der Waals surface area contributed by atoms with Gasteiger partial charge in [-0.15, -0.1) is 0 Å². The van der Waals surface area contributed by atoms with Gasteiger partial charge in [-0.05, 0) is 27.7 Å². The molecule has 0 bridgehead atoms. The Morgan fingerprint density at radius 2 is 1.93 bits per heavy atom. The topological polar surface area (TPSA) is 73.1 Å². The van der Waals surface area contributed by atoms with Gasteiger partial charge >= 0.3 is 0 Å². The van der Waals surface area contributed by atoms with Gasteiger partial charge in [0.25, 0.3) is 0 Å².